The number of phosphoric acid groups is 4. The lowest BCUT2D eigenvalue weighted by molar-refractivity contribution is -0.368. The molecule has 5 rings (SSSR count). The summed E-state index contributed by atoms with van der Waals surface area (Å²) < 4.78 is 75.9. The number of carbonyl (C=O) groups is 1. The maximum absolute atomic E-state index is 13.1. The normalized spacial score (nSPS) is 39.8. The topological polar surface area (TPSA) is 302 Å². The molecule has 0 saturated heterocycles. The third-order valence-electron chi connectivity index (χ3n) is 14.5. The van der Waals surface area contributed by atoms with E-state index in [0.29, 0.717) is 60.2 Å². The van der Waals surface area contributed by atoms with Crippen molar-refractivity contribution in [2.75, 3.05) is 0 Å². The molecule has 0 bridgehead atoms. The fourth-order valence-corrected chi connectivity index (χ4v) is 14.3. The highest BCUT2D eigenvalue weighted by Gasteiger charge is 2.59. The van der Waals surface area contributed by atoms with Gasteiger partial charge >= 0.3 is 14.0 Å². The number of rotatable bonds is 15. The Hall–Kier alpha value is -0.510. The molecular formula is C36H57O18P4-7. The largest absolute Gasteiger partial charge is 0.790 e. The Bertz CT molecular complexity index is 1710. The number of allylic oxidation sites excluding steroid dienone is 1. The van der Waals surface area contributed by atoms with E-state index in [9.17, 15) is 57.3 Å². The molecule has 4 fully saturated rings. The van der Waals surface area contributed by atoms with E-state index in [4.69, 9.17) is 9.26 Å². The van der Waals surface area contributed by atoms with Gasteiger partial charge < -0.3 is 75.3 Å². The van der Waals surface area contributed by atoms with E-state index < -0.39 is 79.8 Å². The second kappa shape index (κ2) is 17.9. The SMILES string of the molecule is CC(C)CCC[C@H](C)C1CCC2C3CC=C4CC(OC(=O)OP(=O)([O-])OC5C(OP(=O)([O-])[O-])C(C)C(C)C(OP(=O)([O-])[O-])C5OP(=O)([O-])[O-])CCC4(C)C3CCC21C. The highest BCUT2D eigenvalue weighted by molar-refractivity contribution is 7.46. The van der Waals surface area contributed by atoms with Crippen LogP contribution in [0.25, 0.3) is 0 Å². The third kappa shape index (κ3) is 11.3. The summed E-state index contributed by atoms with van der Waals surface area (Å²) in [4.78, 5) is 95.9. The fraction of sp³-hybridized carbons (Fsp3) is 0.917. The van der Waals surface area contributed by atoms with Gasteiger partial charge in [0.2, 0.25) is 0 Å². The average Bonchev–Trinajstić information content (AvgIpc) is 3.42. The molecule has 5 aliphatic carbocycles. The first kappa shape index (κ1) is 48.5. The van der Waals surface area contributed by atoms with Gasteiger partial charge in [-0.3, -0.25) is 4.57 Å². The Balaban J connectivity index is 1.27. The molecule has 14 unspecified atom stereocenters. The van der Waals surface area contributed by atoms with E-state index in [-0.39, 0.29) is 5.41 Å². The monoisotopic (exact) mass is 901 g/mol. The molecule has 336 valence electrons. The van der Waals surface area contributed by atoms with E-state index in [1.807, 2.05) is 0 Å². The first-order chi connectivity index (χ1) is 26.5. The van der Waals surface area contributed by atoms with Gasteiger partial charge in [-0.1, -0.05) is 79.4 Å². The Morgan fingerprint density at radius 2 is 1.29 bits per heavy atom. The Labute approximate surface area is 340 Å². The molecule has 15 atom stereocenters. The van der Waals surface area contributed by atoms with Crippen molar-refractivity contribution in [3.05, 3.63) is 11.6 Å². The van der Waals surface area contributed by atoms with Crippen LogP contribution < -0.4 is 34.3 Å². The van der Waals surface area contributed by atoms with Crippen molar-refractivity contribution < 1.29 is 84.7 Å². The zero-order valence-electron chi connectivity index (χ0n) is 34.0. The van der Waals surface area contributed by atoms with Gasteiger partial charge in [-0.15, -0.1) is 0 Å². The van der Waals surface area contributed by atoms with Crippen molar-refractivity contribution in [1.29, 1.82) is 0 Å². The van der Waals surface area contributed by atoms with Gasteiger partial charge in [-0.25, -0.2) is 4.79 Å². The summed E-state index contributed by atoms with van der Waals surface area (Å²) >= 11 is 0. The lowest BCUT2D eigenvalue weighted by Crippen LogP contribution is -2.61. The summed E-state index contributed by atoms with van der Waals surface area (Å²) in [6.07, 6.45) is 0.460. The molecule has 5 aliphatic rings. The minimum absolute atomic E-state index is 0.146. The minimum atomic E-state index is -6.23. The van der Waals surface area contributed by atoms with Crippen LogP contribution in [-0.2, 0) is 45.6 Å². The number of fused-ring (bicyclic) bond motifs is 5. The van der Waals surface area contributed by atoms with Crippen molar-refractivity contribution >= 4 is 37.4 Å². The molecule has 0 aliphatic heterocycles. The van der Waals surface area contributed by atoms with Crippen LogP contribution >= 0.6 is 31.3 Å². The van der Waals surface area contributed by atoms with Crippen LogP contribution in [-0.4, -0.2) is 36.7 Å². The van der Waals surface area contributed by atoms with E-state index in [1.165, 1.54) is 32.1 Å². The zero-order chi connectivity index (χ0) is 43.4. The molecule has 0 spiro atoms. The lowest BCUT2D eigenvalue weighted by Gasteiger charge is -2.58. The Morgan fingerprint density at radius 1 is 0.741 bits per heavy atom. The van der Waals surface area contributed by atoms with Crippen LogP contribution in [0.4, 0.5) is 4.79 Å². The highest BCUT2D eigenvalue weighted by Crippen LogP contribution is 2.67. The molecule has 0 aromatic carbocycles. The smallest absolute Gasteiger partial charge is 0.514 e. The zero-order valence-corrected chi connectivity index (χ0v) is 37.6. The second-order valence-corrected chi connectivity index (χ2v) is 23.0. The predicted octanol–water partition coefficient (Wildman–Crippen LogP) is 3.33. The van der Waals surface area contributed by atoms with Crippen molar-refractivity contribution in [3.63, 3.8) is 0 Å². The maximum atomic E-state index is 13.1. The third-order valence-corrected chi connectivity index (χ3v) is 16.9. The maximum Gasteiger partial charge on any atom is 0.514 e. The van der Waals surface area contributed by atoms with Gasteiger partial charge in [0.15, 0.2) is 0 Å². The van der Waals surface area contributed by atoms with Gasteiger partial charge in [0.05, 0.1) is 35.7 Å². The number of hydrogen-bond donors (Lipinski definition) is 0. The number of phosphoric ester groups is 4. The molecule has 0 amide bonds. The van der Waals surface area contributed by atoms with Gasteiger partial charge in [0.1, 0.15) is 18.3 Å². The summed E-state index contributed by atoms with van der Waals surface area (Å²) in [5.74, 6) is 0.785. The Morgan fingerprint density at radius 3 is 1.84 bits per heavy atom. The summed E-state index contributed by atoms with van der Waals surface area (Å²) in [6, 6.07) is 0. The van der Waals surface area contributed by atoms with Crippen LogP contribution in [0.2, 0.25) is 0 Å². The highest BCUT2D eigenvalue weighted by atomic mass is 31.2. The number of ether oxygens (including phenoxy) is 1. The van der Waals surface area contributed by atoms with Crippen molar-refractivity contribution in [3.8, 4) is 0 Å². The standard InChI is InChI=1S/C36H64O18P4/c1-20(2)9-8-10-21(3)27-13-14-28-26-12-11-24-19-25(15-17-35(24,6)29(26)16-18-36(27,28)7)49-34(37)54-58(47,48)53-33-31(51-56(41,42)43)23(5)22(4)30(50-55(38,39)40)32(33)52-57(44,45)46/h11,20-23,25-33H,8-10,12-19H2,1-7H3,(H,47,48)(H2,38,39,40)(H2,41,42,43)(H2,44,45,46)/p-7/t21-,22?,23?,25?,26?,27?,28?,29?,30?,31?,32?,33?,35?,36?/m0/s1. The second-order valence-electron chi connectivity index (χ2n) is 18.4. The molecule has 0 heterocycles. The minimum Gasteiger partial charge on any atom is -0.790 e. The van der Waals surface area contributed by atoms with Gasteiger partial charge in [-0.05, 0) is 103 Å². The fourth-order valence-electron chi connectivity index (χ4n) is 11.7. The van der Waals surface area contributed by atoms with E-state index in [1.54, 1.807) is 0 Å². The molecular weight excluding hydrogens is 844 g/mol. The summed E-state index contributed by atoms with van der Waals surface area (Å²) in [6.45, 7) is 13.9. The van der Waals surface area contributed by atoms with Gasteiger partial charge in [0, 0.05) is 6.42 Å². The number of carbonyl (C=O) groups excluding carboxylic acids is 1. The average molecular weight is 902 g/mol. The van der Waals surface area contributed by atoms with E-state index >= 15 is 0 Å². The molecule has 4 saturated carbocycles. The quantitative estimate of drug-likeness (QED) is 0.129. The first-order valence-corrected chi connectivity index (χ1v) is 26.1. The van der Waals surface area contributed by atoms with E-state index in [2.05, 4.69) is 58.8 Å². The van der Waals surface area contributed by atoms with Crippen LogP contribution in [0.3, 0.4) is 0 Å². The van der Waals surface area contributed by atoms with Crippen LogP contribution in [0.5, 0.6) is 0 Å². The summed E-state index contributed by atoms with van der Waals surface area (Å²) in [5.41, 5.74) is 1.26. The summed E-state index contributed by atoms with van der Waals surface area (Å²) in [7, 11) is -24.4. The molecule has 0 aromatic rings. The molecule has 0 aromatic heterocycles. The van der Waals surface area contributed by atoms with Crippen molar-refractivity contribution in [2.24, 2.45) is 58.2 Å². The molecule has 18 nitrogen and oxygen atoms in total. The number of hydrogen-bond acceptors (Lipinski definition) is 18. The van der Waals surface area contributed by atoms with E-state index in [0.717, 1.165) is 38.7 Å². The first-order valence-electron chi connectivity index (χ1n) is 20.2. The van der Waals surface area contributed by atoms with Crippen LogP contribution in [0.1, 0.15) is 119 Å². The molecule has 58 heavy (non-hydrogen) atoms. The van der Waals surface area contributed by atoms with Crippen LogP contribution in [0.15, 0.2) is 11.6 Å². The Kier molecular flexibility index (Phi) is 15.0. The molecule has 0 radical (unpaired) electrons. The molecule has 0 N–H and O–H groups in total. The van der Waals surface area contributed by atoms with Gasteiger partial charge in [0.25, 0.3) is 0 Å². The van der Waals surface area contributed by atoms with Crippen molar-refractivity contribution in [1.82, 2.24) is 0 Å². The predicted molar refractivity (Wildman–Crippen MR) is 193 cm³/mol. The van der Waals surface area contributed by atoms with Gasteiger partial charge in [-0.2, -0.15) is 0 Å². The lowest BCUT2D eigenvalue weighted by atomic mass is 9.47. The summed E-state index contributed by atoms with van der Waals surface area (Å²) in [5, 5.41) is 0. The van der Waals surface area contributed by atoms with Crippen molar-refractivity contribution in [2.45, 2.75) is 150 Å². The van der Waals surface area contributed by atoms with Crippen LogP contribution in [0, 0.1) is 58.2 Å². The molecule has 22 heteroatoms.